The fraction of sp³-hybridized carbons (Fsp3) is 0.897. The van der Waals surface area contributed by atoms with Gasteiger partial charge in [-0.25, -0.2) is 4.79 Å². The van der Waals surface area contributed by atoms with Crippen molar-refractivity contribution >= 4 is 17.8 Å². The third-order valence-corrected chi connectivity index (χ3v) is 17.9. The molecule has 3 fully saturated rings. The predicted molar refractivity (Wildman–Crippen MR) is 343 cm³/mol. The SMILES string of the molecule is CCCCCCCCCC/C=C\CCCCCCCCCC(=O)NC(COC1OC(CO)C(OC2OC(CO)C(O)C(OC3(C(=O)O)CC(O)C(NC(C)=O)C(C(O)C(O)CO)O3)C2O)C(O)C1O)C(O)/C=C/CCCCCCCCCCCCCCCCCC. The molecule has 0 spiro atoms. The number of aliphatic hydroxyl groups is 11. The third-order valence-electron chi connectivity index (χ3n) is 17.9. The molecule has 3 saturated heterocycles. The molecular formula is C68H124N2O21. The highest BCUT2D eigenvalue weighted by Crippen LogP contribution is 2.39. The molecule has 0 aromatic carbocycles. The van der Waals surface area contributed by atoms with Gasteiger partial charge in [-0.3, -0.25) is 9.59 Å². The van der Waals surface area contributed by atoms with Crippen LogP contribution in [0, 0.1) is 0 Å². The van der Waals surface area contributed by atoms with Gasteiger partial charge in [0.1, 0.15) is 67.1 Å². The zero-order valence-corrected chi connectivity index (χ0v) is 55.4. The van der Waals surface area contributed by atoms with E-state index in [4.69, 9.17) is 28.4 Å². The summed E-state index contributed by atoms with van der Waals surface area (Å²) < 4.78 is 34.8. The Hall–Kier alpha value is -2.79. The molecular weight excluding hydrogens is 1180 g/mol. The summed E-state index contributed by atoms with van der Waals surface area (Å²) in [6, 6.07) is -2.62. The number of aliphatic hydroxyl groups excluding tert-OH is 11. The molecule has 532 valence electrons. The largest absolute Gasteiger partial charge is 0.477 e. The van der Waals surface area contributed by atoms with Crippen LogP contribution in [-0.2, 0) is 42.8 Å². The highest BCUT2D eigenvalue weighted by molar-refractivity contribution is 5.77. The van der Waals surface area contributed by atoms with E-state index < -0.39 is 155 Å². The van der Waals surface area contributed by atoms with Gasteiger partial charge < -0.3 is 100 Å². The Labute approximate surface area is 543 Å². The predicted octanol–water partition coefficient (Wildman–Crippen LogP) is 6.45. The Morgan fingerprint density at radius 3 is 1.49 bits per heavy atom. The van der Waals surface area contributed by atoms with Gasteiger partial charge in [-0.2, -0.15) is 0 Å². The number of unbranched alkanes of at least 4 members (excludes halogenated alkanes) is 31. The van der Waals surface area contributed by atoms with Crippen molar-refractivity contribution in [3.8, 4) is 0 Å². The zero-order chi connectivity index (χ0) is 66.8. The van der Waals surface area contributed by atoms with Crippen LogP contribution in [0.4, 0.5) is 0 Å². The van der Waals surface area contributed by atoms with Crippen LogP contribution in [0.5, 0.6) is 0 Å². The van der Waals surface area contributed by atoms with Crippen molar-refractivity contribution in [3.05, 3.63) is 24.3 Å². The Bertz CT molecular complexity index is 1940. The Morgan fingerprint density at radius 1 is 0.571 bits per heavy atom. The molecule has 0 aromatic heterocycles. The van der Waals surface area contributed by atoms with E-state index in [0.717, 1.165) is 77.6 Å². The van der Waals surface area contributed by atoms with E-state index in [1.807, 2.05) is 6.08 Å². The third kappa shape index (κ3) is 31.3. The molecule has 3 rings (SSSR count). The van der Waals surface area contributed by atoms with Gasteiger partial charge in [-0.1, -0.05) is 212 Å². The molecule has 23 nitrogen and oxygen atoms in total. The van der Waals surface area contributed by atoms with Crippen LogP contribution in [0.1, 0.15) is 252 Å². The lowest BCUT2D eigenvalue weighted by atomic mass is 9.88. The van der Waals surface area contributed by atoms with Crippen molar-refractivity contribution in [3.63, 3.8) is 0 Å². The van der Waals surface area contributed by atoms with Crippen LogP contribution in [0.2, 0.25) is 0 Å². The molecule has 3 aliphatic rings. The molecule has 18 atom stereocenters. The Kier molecular flexibility index (Phi) is 44.2. The topological polar surface area (TPSA) is 373 Å². The first-order valence-electron chi connectivity index (χ1n) is 35.2. The molecule has 14 N–H and O–H groups in total. The van der Waals surface area contributed by atoms with Crippen molar-refractivity contribution < 1.29 is 104 Å². The molecule has 0 saturated carbocycles. The maximum absolute atomic E-state index is 13.5. The van der Waals surface area contributed by atoms with Gasteiger partial charge in [-0.05, 0) is 44.9 Å². The van der Waals surface area contributed by atoms with Gasteiger partial charge in [0, 0.05) is 19.8 Å². The standard InChI is InChI=1S/C68H124N2O21/c1-4-6-8-10-12-14-16-18-20-22-24-26-28-30-32-34-36-38-40-42-55(78)70-49(50(75)41-39-37-35-33-31-29-27-25-23-21-19-17-15-13-11-9-7-5-2)47-86-65-60(82)59(81)62(54(46-73)88-65)89-66-61(83)64(58(80)53(45-72)87-66)91-68(67(84)85)43-51(76)56(69-48(3)74)63(90-68)57(79)52(77)44-71/h22,24,39,41,49-54,56-66,71-73,75-77,79-83H,4-21,23,25-38,40,42-47H2,1-3H3,(H,69,74)(H,70,78)(H,84,85)/b24-22-,41-39+. The summed E-state index contributed by atoms with van der Waals surface area (Å²) in [5, 5.41) is 136. The van der Waals surface area contributed by atoms with Crippen molar-refractivity contribution in [2.24, 2.45) is 0 Å². The normalized spacial score (nSPS) is 28.5. The number of aliphatic carboxylic acids is 1. The summed E-state index contributed by atoms with van der Waals surface area (Å²) in [5.74, 6) is -6.15. The fourth-order valence-corrected chi connectivity index (χ4v) is 12.2. The lowest BCUT2D eigenvalue weighted by Crippen LogP contribution is -2.70. The molecule has 0 aromatic rings. The molecule has 0 radical (unpaired) electrons. The maximum atomic E-state index is 13.5. The quantitative estimate of drug-likeness (QED) is 0.0230. The smallest absolute Gasteiger partial charge is 0.364 e. The lowest BCUT2D eigenvalue weighted by molar-refractivity contribution is -0.386. The number of ether oxygens (including phenoxy) is 6. The van der Waals surface area contributed by atoms with Crippen LogP contribution in [0.15, 0.2) is 24.3 Å². The fourth-order valence-electron chi connectivity index (χ4n) is 12.2. The number of carboxylic acid groups (broad SMARTS) is 1. The monoisotopic (exact) mass is 1300 g/mol. The van der Waals surface area contributed by atoms with Crippen molar-refractivity contribution in [1.29, 1.82) is 0 Å². The molecule has 3 heterocycles. The van der Waals surface area contributed by atoms with Gasteiger partial charge in [0.05, 0.1) is 50.7 Å². The number of hydrogen-bond donors (Lipinski definition) is 14. The summed E-state index contributed by atoms with van der Waals surface area (Å²) >= 11 is 0. The van der Waals surface area contributed by atoms with E-state index >= 15 is 0 Å². The summed E-state index contributed by atoms with van der Waals surface area (Å²) in [6.07, 6.45) is 19.3. The average molecular weight is 1310 g/mol. The number of allylic oxidation sites excluding steroid dienone is 3. The number of amides is 2. The minimum atomic E-state index is -3.08. The average Bonchev–Trinajstić information content (AvgIpc) is 0.783. The van der Waals surface area contributed by atoms with Gasteiger partial charge >= 0.3 is 5.97 Å². The zero-order valence-electron chi connectivity index (χ0n) is 55.4. The van der Waals surface area contributed by atoms with E-state index in [-0.39, 0.29) is 12.3 Å². The number of carbonyl (C=O) groups excluding carboxylic acids is 2. The molecule has 0 aliphatic carbocycles. The first-order valence-corrected chi connectivity index (χ1v) is 35.2. The van der Waals surface area contributed by atoms with E-state index in [9.17, 15) is 75.7 Å². The summed E-state index contributed by atoms with van der Waals surface area (Å²) in [4.78, 5) is 38.5. The highest BCUT2D eigenvalue weighted by atomic mass is 16.8. The molecule has 91 heavy (non-hydrogen) atoms. The second kappa shape index (κ2) is 48.8. The highest BCUT2D eigenvalue weighted by Gasteiger charge is 2.60. The second-order valence-corrected chi connectivity index (χ2v) is 25.7. The number of carbonyl (C=O) groups is 3. The van der Waals surface area contributed by atoms with Crippen LogP contribution >= 0.6 is 0 Å². The van der Waals surface area contributed by atoms with Crippen LogP contribution < -0.4 is 10.6 Å². The van der Waals surface area contributed by atoms with Crippen LogP contribution in [-0.4, -0.2) is 215 Å². The van der Waals surface area contributed by atoms with Crippen molar-refractivity contribution in [1.82, 2.24) is 10.6 Å². The number of hydrogen-bond acceptors (Lipinski definition) is 20. The first-order chi connectivity index (χ1) is 43.9. The van der Waals surface area contributed by atoms with Crippen molar-refractivity contribution in [2.75, 3.05) is 26.4 Å². The van der Waals surface area contributed by atoms with E-state index in [1.54, 1.807) is 6.08 Å². The van der Waals surface area contributed by atoms with Crippen LogP contribution in [0.3, 0.4) is 0 Å². The van der Waals surface area contributed by atoms with Crippen LogP contribution in [0.25, 0.3) is 0 Å². The summed E-state index contributed by atoms with van der Waals surface area (Å²) in [5.41, 5.74) is 0. The molecule has 23 heteroatoms. The molecule has 2 amide bonds. The van der Waals surface area contributed by atoms with Gasteiger partial charge in [0.2, 0.25) is 11.8 Å². The van der Waals surface area contributed by atoms with E-state index in [0.29, 0.717) is 12.8 Å². The summed E-state index contributed by atoms with van der Waals surface area (Å²) in [7, 11) is 0. The molecule has 0 bridgehead atoms. The van der Waals surface area contributed by atoms with Gasteiger partial charge in [0.25, 0.3) is 5.79 Å². The summed E-state index contributed by atoms with van der Waals surface area (Å²) in [6.45, 7) is 2.14. The lowest BCUT2D eigenvalue weighted by Gasteiger charge is -2.50. The Morgan fingerprint density at radius 2 is 1.03 bits per heavy atom. The first kappa shape index (κ1) is 82.4. The van der Waals surface area contributed by atoms with Gasteiger partial charge in [-0.15, -0.1) is 0 Å². The molecule has 3 aliphatic heterocycles. The van der Waals surface area contributed by atoms with Crippen molar-refractivity contribution in [2.45, 2.75) is 362 Å². The van der Waals surface area contributed by atoms with E-state index in [2.05, 4.69) is 36.6 Å². The minimum Gasteiger partial charge on any atom is -0.477 e. The Balaban J connectivity index is 1.61. The minimum absolute atomic E-state index is 0.196. The molecule has 18 unspecified atom stereocenters. The van der Waals surface area contributed by atoms with E-state index in [1.165, 1.54) is 135 Å². The number of rotatable bonds is 53. The second-order valence-electron chi connectivity index (χ2n) is 25.7. The maximum Gasteiger partial charge on any atom is 0.364 e. The van der Waals surface area contributed by atoms with Gasteiger partial charge in [0.15, 0.2) is 12.6 Å². The number of carboxylic acids is 1. The number of nitrogens with one attached hydrogen (secondary N) is 2.